The van der Waals surface area contributed by atoms with Gasteiger partial charge in [0.05, 0.1) is 11.7 Å². The second-order valence-corrected chi connectivity index (χ2v) is 6.55. The first kappa shape index (κ1) is 10.8. The van der Waals surface area contributed by atoms with Crippen molar-refractivity contribution in [3.63, 3.8) is 0 Å². The van der Waals surface area contributed by atoms with Crippen LogP contribution in [-0.2, 0) is 0 Å². The van der Waals surface area contributed by atoms with E-state index < -0.39 is 11.7 Å². The molecule has 0 radical (unpaired) electrons. The predicted octanol–water partition coefficient (Wildman–Crippen LogP) is 2.25. The van der Waals surface area contributed by atoms with Gasteiger partial charge >= 0.3 is 0 Å². The van der Waals surface area contributed by atoms with Crippen molar-refractivity contribution < 1.29 is 10.2 Å². The molecule has 90 valence electrons. The summed E-state index contributed by atoms with van der Waals surface area (Å²) in [5.74, 6) is 1.14. The van der Waals surface area contributed by atoms with Gasteiger partial charge in [-0.25, -0.2) is 0 Å². The summed E-state index contributed by atoms with van der Waals surface area (Å²) in [7, 11) is 0. The lowest BCUT2D eigenvalue weighted by Crippen LogP contribution is -2.55. The molecule has 0 spiro atoms. The predicted molar refractivity (Wildman–Crippen MR) is 62.9 cm³/mol. The van der Waals surface area contributed by atoms with Crippen LogP contribution in [0.25, 0.3) is 0 Å². The molecule has 2 N–H and O–H groups in total. The topological polar surface area (TPSA) is 40.5 Å². The first-order valence-electron chi connectivity index (χ1n) is 6.47. The smallest absolute Gasteiger partial charge is 0.0964 e. The average molecular weight is 222 g/mol. The Kier molecular flexibility index (Phi) is 1.96. The second kappa shape index (κ2) is 2.91. The molecule has 0 aromatic carbocycles. The summed E-state index contributed by atoms with van der Waals surface area (Å²) in [6.07, 6.45) is 3.14. The molecule has 5 atom stereocenters. The van der Waals surface area contributed by atoms with Crippen molar-refractivity contribution in [2.45, 2.75) is 58.2 Å². The van der Waals surface area contributed by atoms with Crippen LogP contribution in [0.3, 0.4) is 0 Å². The number of hydrogen-bond donors (Lipinski definition) is 2. The first-order valence-corrected chi connectivity index (χ1v) is 6.47. The molecule has 4 bridgehead atoms. The molecule has 3 rings (SSSR count). The highest BCUT2D eigenvalue weighted by molar-refractivity contribution is 5.32. The third-order valence-electron chi connectivity index (χ3n) is 5.81. The van der Waals surface area contributed by atoms with Crippen LogP contribution in [-0.4, -0.2) is 21.9 Å². The van der Waals surface area contributed by atoms with Gasteiger partial charge in [-0.3, -0.25) is 0 Å². The highest BCUT2D eigenvalue weighted by Crippen LogP contribution is 2.69. The van der Waals surface area contributed by atoms with Crippen LogP contribution >= 0.6 is 0 Å². The summed E-state index contributed by atoms with van der Waals surface area (Å²) in [5.41, 5.74) is 2.03. The van der Waals surface area contributed by atoms with E-state index in [1.165, 1.54) is 11.1 Å². The Morgan fingerprint density at radius 3 is 2.69 bits per heavy atom. The Bertz CT molecular complexity index is 369. The van der Waals surface area contributed by atoms with Gasteiger partial charge in [0.25, 0.3) is 0 Å². The number of rotatable bonds is 0. The van der Waals surface area contributed by atoms with Gasteiger partial charge in [0, 0.05) is 5.41 Å². The lowest BCUT2D eigenvalue weighted by Gasteiger charge is -2.46. The van der Waals surface area contributed by atoms with Crippen molar-refractivity contribution in [2.24, 2.45) is 17.3 Å². The molecule has 0 aromatic rings. The van der Waals surface area contributed by atoms with Crippen molar-refractivity contribution in [3.05, 3.63) is 11.1 Å². The maximum atomic E-state index is 10.8. The van der Waals surface area contributed by atoms with E-state index in [1.807, 2.05) is 0 Å². The number of aliphatic hydroxyl groups is 2. The Morgan fingerprint density at radius 2 is 2.06 bits per heavy atom. The molecule has 16 heavy (non-hydrogen) atoms. The zero-order valence-electron chi connectivity index (χ0n) is 10.5. The molecular weight excluding hydrogens is 200 g/mol. The first-order chi connectivity index (χ1) is 7.40. The van der Waals surface area contributed by atoms with E-state index in [0.29, 0.717) is 11.8 Å². The fourth-order valence-corrected chi connectivity index (χ4v) is 4.84. The van der Waals surface area contributed by atoms with Gasteiger partial charge in [-0.2, -0.15) is 0 Å². The summed E-state index contributed by atoms with van der Waals surface area (Å²) in [6.45, 7) is 6.53. The lowest BCUT2D eigenvalue weighted by molar-refractivity contribution is -0.163. The maximum Gasteiger partial charge on any atom is 0.0964 e. The molecule has 2 heteroatoms. The van der Waals surface area contributed by atoms with E-state index in [0.717, 1.165) is 25.7 Å². The number of aliphatic hydroxyl groups excluding tert-OH is 1. The van der Waals surface area contributed by atoms with Gasteiger partial charge < -0.3 is 10.2 Å². The molecular formula is C14H22O2. The molecule has 3 fully saturated rings. The summed E-state index contributed by atoms with van der Waals surface area (Å²) in [5, 5.41) is 21.0. The van der Waals surface area contributed by atoms with Crippen molar-refractivity contribution in [1.82, 2.24) is 0 Å². The van der Waals surface area contributed by atoms with Crippen molar-refractivity contribution in [3.8, 4) is 0 Å². The van der Waals surface area contributed by atoms with E-state index in [2.05, 4.69) is 20.8 Å². The van der Waals surface area contributed by atoms with Gasteiger partial charge in [0.15, 0.2) is 0 Å². The molecule has 0 heterocycles. The Hall–Kier alpha value is -0.340. The van der Waals surface area contributed by atoms with E-state index in [-0.39, 0.29) is 5.41 Å². The van der Waals surface area contributed by atoms with Gasteiger partial charge in [-0.1, -0.05) is 18.1 Å². The van der Waals surface area contributed by atoms with Crippen LogP contribution in [0.5, 0.6) is 0 Å². The number of allylic oxidation sites excluding steroid dienone is 2. The van der Waals surface area contributed by atoms with Gasteiger partial charge in [-0.15, -0.1) is 0 Å². The van der Waals surface area contributed by atoms with E-state index in [1.54, 1.807) is 0 Å². The molecule has 0 aromatic heterocycles. The molecule has 3 saturated carbocycles. The van der Waals surface area contributed by atoms with Gasteiger partial charge in [0.1, 0.15) is 0 Å². The van der Waals surface area contributed by atoms with Crippen molar-refractivity contribution in [1.29, 1.82) is 0 Å². The summed E-state index contributed by atoms with van der Waals surface area (Å²) >= 11 is 0. The summed E-state index contributed by atoms with van der Waals surface area (Å²) < 4.78 is 0. The quantitative estimate of drug-likeness (QED) is 0.617. The largest absolute Gasteiger partial charge is 0.390 e. The van der Waals surface area contributed by atoms with Crippen LogP contribution in [0.1, 0.15) is 46.5 Å². The normalized spacial score (nSPS) is 54.6. The molecule has 3 aliphatic rings. The third kappa shape index (κ3) is 0.964. The minimum Gasteiger partial charge on any atom is -0.390 e. The lowest BCUT2D eigenvalue weighted by atomic mass is 9.64. The van der Waals surface area contributed by atoms with Gasteiger partial charge in [0.2, 0.25) is 0 Å². The monoisotopic (exact) mass is 222 g/mol. The van der Waals surface area contributed by atoms with Crippen LogP contribution in [0, 0.1) is 17.3 Å². The standard InChI is InChI=1S/C14H22O2/c1-8(2)10-7-13(3)11-4-5-14(13,16)12(15)6-9(10)11/h9,11-12,15-16H,4-7H2,1-3H3/t9-,11-,12?,13+,14-/m0/s1. The van der Waals surface area contributed by atoms with E-state index >= 15 is 0 Å². The van der Waals surface area contributed by atoms with Crippen LogP contribution in [0.2, 0.25) is 0 Å². The van der Waals surface area contributed by atoms with Gasteiger partial charge in [-0.05, 0) is 51.4 Å². The molecule has 0 amide bonds. The van der Waals surface area contributed by atoms with Crippen molar-refractivity contribution >= 4 is 0 Å². The van der Waals surface area contributed by atoms with E-state index in [4.69, 9.17) is 0 Å². The highest BCUT2D eigenvalue weighted by atomic mass is 16.3. The molecule has 0 aliphatic heterocycles. The zero-order chi connectivity index (χ0) is 11.7. The minimum atomic E-state index is -0.814. The molecule has 3 aliphatic carbocycles. The average Bonchev–Trinajstić information content (AvgIpc) is 2.53. The third-order valence-corrected chi connectivity index (χ3v) is 5.81. The fraction of sp³-hybridized carbons (Fsp3) is 0.857. The van der Waals surface area contributed by atoms with Crippen LogP contribution in [0.4, 0.5) is 0 Å². The minimum absolute atomic E-state index is 0.0675. The molecule has 1 unspecified atom stereocenters. The number of hydrogen-bond acceptors (Lipinski definition) is 2. The highest BCUT2D eigenvalue weighted by Gasteiger charge is 2.69. The van der Waals surface area contributed by atoms with Crippen LogP contribution < -0.4 is 0 Å². The summed E-state index contributed by atoms with van der Waals surface area (Å²) in [4.78, 5) is 0. The fourth-order valence-electron chi connectivity index (χ4n) is 4.84. The Morgan fingerprint density at radius 1 is 1.38 bits per heavy atom. The SMILES string of the molecule is CC(C)=C1C[C@]2(C)[C@H]3CC[C@]2(O)C(O)C[C@@H]13. The Labute approximate surface area is 97.4 Å². The summed E-state index contributed by atoms with van der Waals surface area (Å²) in [6, 6.07) is 0. The Balaban J connectivity index is 2.14. The van der Waals surface area contributed by atoms with Crippen molar-refractivity contribution in [2.75, 3.05) is 0 Å². The van der Waals surface area contributed by atoms with Crippen LogP contribution in [0.15, 0.2) is 11.1 Å². The molecule has 2 nitrogen and oxygen atoms in total. The zero-order valence-corrected chi connectivity index (χ0v) is 10.5. The molecule has 0 saturated heterocycles. The van der Waals surface area contributed by atoms with E-state index in [9.17, 15) is 10.2 Å². The second-order valence-electron chi connectivity index (χ2n) is 6.55. The maximum absolute atomic E-state index is 10.8.